The Hall–Kier alpha value is -1.83. The molecule has 7 heteroatoms. The molecule has 0 radical (unpaired) electrons. The van der Waals surface area contributed by atoms with Crippen LogP contribution in [0.25, 0.3) is 0 Å². The van der Waals surface area contributed by atoms with Crippen molar-refractivity contribution in [1.29, 1.82) is 0 Å². The zero-order valence-corrected chi connectivity index (χ0v) is 20.0. The van der Waals surface area contributed by atoms with E-state index >= 15 is 0 Å². The van der Waals surface area contributed by atoms with Gasteiger partial charge in [-0.15, -0.1) is 0 Å². The number of thioether (sulfide) groups is 1. The molecule has 0 bridgehead atoms. The van der Waals surface area contributed by atoms with Crippen LogP contribution in [-0.2, 0) is 26.3 Å². The fourth-order valence-electron chi connectivity index (χ4n) is 3.77. The van der Waals surface area contributed by atoms with E-state index in [0.29, 0.717) is 32.5 Å². The number of nitrogens with zero attached hydrogens (tertiary/aromatic N) is 1. The molecule has 0 unspecified atom stereocenters. The molecule has 1 fully saturated rings. The van der Waals surface area contributed by atoms with Crippen LogP contribution in [0, 0.1) is 19.8 Å². The lowest BCUT2D eigenvalue weighted by Gasteiger charge is -2.30. The monoisotopic (exact) mass is 460 g/mol. The van der Waals surface area contributed by atoms with Gasteiger partial charge in [-0.3, -0.25) is 4.79 Å². The van der Waals surface area contributed by atoms with Gasteiger partial charge in [0, 0.05) is 37.1 Å². The Morgan fingerprint density at radius 3 is 2.42 bits per heavy atom. The molecule has 0 atom stereocenters. The molecule has 1 amide bonds. The Morgan fingerprint density at radius 1 is 1.03 bits per heavy atom. The molecule has 31 heavy (non-hydrogen) atoms. The minimum Gasteiger partial charge on any atom is -0.355 e. The van der Waals surface area contributed by atoms with Crippen molar-refractivity contribution in [1.82, 2.24) is 9.62 Å². The average Bonchev–Trinajstić information content (AvgIpc) is 2.75. The van der Waals surface area contributed by atoms with Crippen LogP contribution in [0.2, 0.25) is 0 Å². The number of amides is 1. The number of rotatable bonds is 9. The van der Waals surface area contributed by atoms with E-state index in [4.69, 9.17) is 0 Å². The fourth-order valence-corrected chi connectivity index (χ4v) is 6.13. The van der Waals surface area contributed by atoms with Crippen LogP contribution < -0.4 is 5.32 Å². The Morgan fingerprint density at radius 2 is 1.74 bits per heavy atom. The normalized spacial score (nSPS) is 15.7. The molecule has 1 heterocycles. The molecule has 5 nitrogen and oxygen atoms in total. The van der Waals surface area contributed by atoms with Gasteiger partial charge in [0.25, 0.3) is 0 Å². The van der Waals surface area contributed by atoms with Crippen LogP contribution in [0.1, 0.15) is 35.1 Å². The molecule has 1 N–H and O–H groups in total. The van der Waals surface area contributed by atoms with Crippen LogP contribution in [0.4, 0.5) is 0 Å². The number of aryl methyl sites for hydroxylation is 2. The lowest BCUT2D eigenvalue weighted by Crippen LogP contribution is -2.43. The van der Waals surface area contributed by atoms with Gasteiger partial charge in [0.2, 0.25) is 15.9 Å². The summed E-state index contributed by atoms with van der Waals surface area (Å²) in [4.78, 5) is 12.5. The highest BCUT2D eigenvalue weighted by molar-refractivity contribution is 7.98. The average molecular weight is 461 g/mol. The van der Waals surface area contributed by atoms with Gasteiger partial charge in [0.15, 0.2) is 0 Å². The second-order valence-electron chi connectivity index (χ2n) is 8.25. The third-order valence-corrected chi connectivity index (χ3v) is 8.46. The molecule has 0 aliphatic carbocycles. The van der Waals surface area contributed by atoms with E-state index in [2.05, 4.69) is 36.5 Å². The van der Waals surface area contributed by atoms with Gasteiger partial charge < -0.3 is 5.32 Å². The molecule has 2 aromatic carbocycles. The summed E-state index contributed by atoms with van der Waals surface area (Å²) in [5.74, 6) is 1.76. The lowest BCUT2D eigenvalue weighted by molar-refractivity contribution is -0.125. The number of carbonyl (C=O) groups is 1. The number of hydrogen-bond acceptors (Lipinski definition) is 4. The van der Waals surface area contributed by atoms with Crippen molar-refractivity contribution in [3.05, 3.63) is 70.8 Å². The van der Waals surface area contributed by atoms with Crippen LogP contribution in [0.15, 0.2) is 48.5 Å². The molecule has 2 aromatic rings. The number of piperidine rings is 1. The summed E-state index contributed by atoms with van der Waals surface area (Å²) >= 11 is 1.81. The van der Waals surface area contributed by atoms with E-state index in [9.17, 15) is 13.2 Å². The predicted molar refractivity (Wildman–Crippen MR) is 128 cm³/mol. The van der Waals surface area contributed by atoms with Crippen molar-refractivity contribution < 1.29 is 13.2 Å². The van der Waals surface area contributed by atoms with Gasteiger partial charge in [-0.1, -0.05) is 59.7 Å². The van der Waals surface area contributed by atoms with Crippen molar-refractivity contribution in [2.24, 2.45) is 5.92 Å². The number of benzene rings is 2. The molecule has 1 aliphatic heterocycles. The molecule has 168 valence electrons. The number of sulfonamides is 1. The van der Waals surface area contributed by atoms with Crippen LogP contribution >= 0.6 is 11.8 Å². The van der Waals surface area contributed by atoms with Crippen molar-refractivity contribution in [2.75, 3.05) is 25.4 Å². The topological polar surface area (TPSA) is 66.5 Å². The molecule has 0 saturated carbocycles. The summed E-state index contributed by atoms with van der Waals surface area (Å²) in [5.41, 5.74) is 4.48. The van der Waals surface area contributed by atoms with Crippen LogP contribution in [-0.4, -0.2) is 44.0 Å². The van der Waals surface area contributed by atoms with Crippen molar-refractivity contribution >= 4 is 27.7 Å². The van der Waals surface area contributed by atoms with Crippen LogP contribution in [0.5, 0.6) is 0 Å². The summed E-state index contributed by atoms with van der Waals surface area (Å²) < 4.78 is 27.0. The summed E-state index contributed by atoms with van der Waals surface area (Å²) in [7, 11) is -3.35. The Labute approximate surface area is 190 Å². The first-order valence-electron chi connectivity index (χ1n) is 10.8. The smallest absolute Gasteiger partial charge is 0.223 e. The first-order chi connectivity index (χ1) is 14.8. The summed E-state index contributed by atoms with van der Waals surface area (Å²) in [6, 6.07) is 16.1. The zero-order chi connectivity index (χ0) is 22.3. The molecular formula is C24H32N2O3S2. The molecule has 0 spiro atoms. The molecular weight excluding hydrogens is 428 g/mol. The molecule has 1 saturated heterocycles. The van der Waals surface area contributed by atoms with Crippen molar-refractivity contribution in [3.63, 3.8) is 0 Å². The van der Waals surface area contributed by atoms with Crippen molar-refractivity contribution in [3.8, 4) is 0 Å². The predicted octanol–water partition coefficient (Wildman–Crippen LogP) is 3.89. The van der Waals surface area contributed by atoms with Gasteiger partial charge in [-0.25, -0.2) is 12.7 Å². The minimum atomic E-state index is -3.35. The Balaban J connectivity index is 1.36. The van der Waals surface area contributed by atoms with Gasteiger partial charge >= 0.3 is 0 Å². The summed E-state index contributed by atoms with van der Waals surface area (Å²) in [5, 5.41) is 3.02. The van der Waals surface area contributed by atoms with E-state index in [0.717, 1.165) is 22.6 Å². The van der Waals surface area contributed by atoms with E-state index in [1.165, 1.54) is 15.4 Å². The zero-order valence-electron chi connectivity index (χ0n) is 18.3. The maximum atomic E-state index is 12.7. The highest BCUT2D eigenvalue weighted by Gasteiger charge is 2.31. The summed E-state index contributed by atoms with van der Waals surface area (Å²) in [6.45, 7) is 5.54. The van der Waals surface area contributed by atoms with Crippen LogP contribution in [0.3, 0.4) is 0 Å². The molecule has 3 rings (SSSR count). The lowest BCUT2D eigenvalue weighted by atomic mass is 9.97. The van der Waals surface area contributed by atoms with E-state index < -0.39 is 10.0 Å². The number of nitrogens with one attached hydrogen (secondary N) is 1. The second-order valence-corrected chi connectivity index (χ2v) is 11.3. The fraction of sp³-hybridized carbons (Fsp3) is 0.458. The van der Waals surface area contributed by atoms with Gasteiger partial charge in [0.05, 0.1) is 5.75 Å². The van der Waals surface area contributed by atoms with Crippen molar-refractivity contribution in [2.45, 2.75) is 38.2 Å². The SMILES string of the molecule is Cc1ccc(CS(=O)(=O)N2CCC(C(=O)NCCSCc3cccc(C)c3)CC2)cc1. The largest absolute Gasteiger partial charge is 0.355 e. The maximum absolute atomic E-state index is 12.7. The highest BCUT2D eigenvalue weighted by atomic mass is 32.2. The third kappa shape index (κ3) is 7.37. The van der Waals surface area contributed by atoms with E-state index in [-0.39, 0.29) is 17.6 Å². The molecule has 0 aromatic heterocycles. The van der Waals surface area contributed by atoms with Gasteiger partial charge in [-0.2, -0.15) is 11.8 Å². The highest BCUT2D eigenvalue weighted by Crippen LogP contribution is 2.22. The Kier molecular flexibility index (Phi) is 8.58. The maximum Gasteiger partial charge on any atom is 0.223 e. The standard InChI is InChI=1S/C24H32N2O3S2/c1-19-6-8-21(9-7-19)18-31(28,29)26-13-10-23(11-14-26)24(27)25-12-15-30-17-22-5-3-4-20(2)16-22/h3-9,16,23H,10-15,17-18H2,1-2H3,(H,25,27). The van der Waals surface area contributed by atoms with E-state index in [1.807, 2.05) is 31.2 Å². The van der Waals surface area contributed by atoms with Gasteiger partial charge in [-0.05, 0) is 37.8 Å². The first-order valence-corrected chi connectivity index (χ1v) is 13.5. The molecule has 1 aliphatic rings. The van der Waals surface area contributed by atoms with Gasteiger partial charge in [0.1, 0.15) is 0 Å². The third-order valence-electron chi connectivity index (χ3n) is 5.58. The summed E-state index contributed by atoms with van der Waals surface area (Å²) in [6.07, 6.45) is 1.16. The Bertz CT molecular complexity index is 967. The number of carbonyl (C=O) groups excluding carboxylic acids is 1. The minimum absolute atomic E-state index is 0.0162. The first kappa shape index (κ1) is 23.8. The van der Waals surface area contributed by atoms with E-state index in [1.54, 1.807) is 11.8 Å². The quantitative estimate of drug-likeness (QED) is 0.577. The second kappa shape index (κ2) is 11.2. The number of hydrogen-bond donors (Lipinski definition) is 1.